The van der Waals surface area contributed by atoms with E-state index in [1.54, 1.807) is 95.6 Å². The number of ether oxygens (including phenoxy) is 3. The van der Waals surface area contributed by atoms with Crippen molar-refractivity contribution >= 4 is 101 Å². The summed E-state index contributed by atoms with van der Waals surface area (Å²) in [5, 5.41) is 49.3. The van der Waals surface area contributed by atoms with E-state index in [1.807, 2.05) is 66.9 Å². The van der Waals surface area contributed by atoms with Gasteiger partial charge in [0, 0.05) is 156 Å². The van der Waals surface area contributed by atoms with Crippen LogP contribution < -0.4 is 26.6 Å². The van der Waals surface area contributed by atoms with E-state index in [2.05, 4.69) is 144 Å². The average molecular weight is 1610 g/mol. The first-order valence-corrected chi connectivity index (χ1v) is 41.6. The lowest BCUT2D eigenvalue weighted by Gasteiger charge is -2.28. The molecular weight excluding hydrogens is 1520 g/mol. The molecule has 0 radical (unpaired) electrons. The van der Waals surface area contributed by atoms with Crippen molar-refractivity contribution < 1.29 is 56.2 Å². The van der Waals surface area contributed by atoms with Gasteiger partial charge in [-0.2, -0.15) is 15.3 Å². The molecule has 1 unspecified atom stereocenters. The maximum atomic E-state index is 14.0. The summed E-state index contributed by atoms with van der Waals surface area (Å²) in [6, 6.07) is 53.8. The minimum Gasteiger partial charge on any atom is -0.394 e. The summed E-state index contributed by atoms with van der Waals surface area (Å²) in [6.45, 7) is 18.0. The summed E-state index contributed by atoms with van der Waals surface area (Å²) in [6.07, 6.45) is 6.75. The molecule has 22 nitrogen and oxygen atoms in total. The Bertz CT molecular complexity index is 6330. The van der Waals surface area contributed by atoms with Gasteiger partial charge >= 0.3 is 0 Å². The predicted octanol–water partition coefficient (Wildman–Crippen LogP) is 15.9. The van der Waals surface area contributed by atoms with Crippen molar-refractivity contribution in [2.45, 2.75) is 95.2 Å². The fourth-order valence-corrected chi connectivity index (χ4v) is 17.6. The topological polar surface area (TPSA) is 282 Å². The second-order valence-electron chi connectivity index (χ2n) is 32.8. The van der Waals surface area contributed by atoms with Crippen LogP contribution in [0.1, 0.15) is 98.6 Å². The Morgan fingerprint density at radius 3 is 1.17 bits per heavy atom. The zero-order valence-electron chi connectivity index (χ0n) is 67.4. The number of H-pyrrole nitrogens is 3. The summed E-state index contributed by atoms with van der Waals surface area (Å²) in [5.74, 6) is -1.73. The first kappa shape index (κ1) is 80.9. The number of fused-ring (bicyclic) bond motifs is 6. The summed E-state index contributed by atoms with van der Waals surface area (Å²) >= 11 is 0. The Hall–Kier alpha value is -12.3. The number of methoxy groups -OCH3 is 3. The molecule has 2 fully saturated rings. The third kappa shape index (κ3) is 16.0. The number of rotatable bonds is 21. The molecule has 2 aliphatic heterocycles. The van der Waals surface area contributed by atoms with Crippen LogP contribution in [0.3, 0.4) is 0 Å². The smallest absolute Gasteiger partial charge is 0.251 e. The van der Waals surface area contributed by atoms with Gasteiger partial charge in [0.15, 0.2) is 0 Å². The van der Waals surface area contributed by atoms with Crippen molar-refractivity contribution in [1.29, 1.82) is 0 Å². The van der Waals surface area contributed by atoms with Gasteiger partial charge in [-0.05, 0) is 176 Å². The minimum atomic E-state index is -2.38. The molecule has 2 aliphatic rings. The minimum absolute atomic E-state index is 0.0132. The van der Waals surface area contributed by atoms with E-state index in [9.17, 15) is 42.0 Å². The molecule has 26 heteroatoms. The Labute approximate surface area is 679 Å². The maximum absolute atomic E-state index is 14.0. The van der Waals surface area contributed by atoms with E-state index in [4.69, 9.17) is 14.2 Å². The number of piperidine rings is 1. The summed E-state index contributed by atoms with van der Waals surface area (Å²) < 4.78 is 78.0. The molecule has 0 saturated carbocycles. The summed E-state index contributed by atoms with van der Waals surface area (Å²) in [5.41, 5.74) is 16.7. The molecule has 8 N–H and O–H groups in total. The zero-order valence-corrected chi connectivity index (χ0v) is 68.3. The van der Waals surface area contributed by atoms with E-state index < -0.39 is 24.0 Å². The van der Waals surface area contributed by atoms with E-state index >= 15 is 0 Å². The predicted molar refractivity (Wildman–Crippen MR) is 457 cm³/mol. The van der Waals surface area contributed by atoms with Crippen LogP contribution in [-0.2, 0) is 44.6 Å². The van der Waals surface area contributed by atoms with Gasteiger partial charge in [0.1, 0.15) is 30.6 Å². The number of aliphatic hydroxyl groups excluding tert-OH is 1. The van der Waals surface area contributed by atoms with Crippen molar-refractivity contribution in [3.8, 4) is 50.4 Å². The van der Waals surface area contributed by atoms with E-state index in [0.29, 0.717) is 56.8 Å². The van der Waals surface area contributed by atoms with Gasteiger partial charge in [-0.15, -0.1) is 0 Å². The summed E-state index contributed by atoms with van der Waals surface area (Å²) in [4.78, 5) is 49.7. The van der Waals surface area contributed by atoms with E-state index in [0.717, 1.165) is 138 Å². The lowest BCUT2D eigenvalue weighted by atomic mass is 9.84. The molecule has 15 aromatic rings. The molecule has 6 aromatic heterocycles. The standard InChI is InChI=1S/C32H32FN5O4.C32H32FN5O3.C28H29FN3O2P/c1-32(2,17-42-3)29-28(18-4-6-19(7-5-18)30(40)36-26-13-22(16-39)35-31(26)41)24-14-25-20(15-34-37-25)12-27(24)38(29)23-10-8-21(33)9-11-23;1-32(2,18-41-3)30-29(19-4-6-20(7-5-19)31(40)36-23-10-13-28(39)34-17-23)25-15-26-21(16-35-37-26)14-27(25)38(30)24-11-8-22(33)9-12-24;1-28(2,17-34-3)27-26(18-6-12-22(13-7-18)35(4,5)33)23-15-24-19(16-30-31-24)14-25(23)32(27)21-10-8-20(29)9-11-21/h4-12,14-15,22,26,39H,13,16-17H2,1-3H3,(H,34,37)(H,35,41)(H,36,40);4-9,11-12,14-16,23H,10,13,17-18H2,1-3H3,(H,34,39)(H,35,37)(H,36,40);6-16H,17H2,1-5H3,(H,30,31)/t22-,26+;;/m1../s1. The number of aliphatic hydroxyl groups is 1. The quantitative estimate of drug-likeness (QED) is 0.0312. The van der Waals surface area contributed by atoms with Crippen molar-refractivity contribution in [1.82, 2.24) is 65.6 Å². The highest BCUT2D eigenvalue weighted by Crippen LogP contribution is 2.49. The lowest BCUT2D eigenvalue weighted by Crippen LogP contribution is -2.47. The van der Waals surface area contributed by atoms with Crippen molar-refractivity contribution in [2.75, 3.05) is 67.6 Å². The highest BCUT2D eigenvalue weighted by atomic mass is 31.2. The van der Waals surface area contributed by atoms with Crippen LogP contribution in [0.25, 0.3) is 116 Å². The number of aromatic amines is 3. The van der Waals surface area contributed by atoms with Crippen LogP contribution in [-0.4, -0.2) is 159 Å². The third-order valence-corrected chi connectivity index (χ3v) is 23.8. The normalized spacial score (nSPS) is 15.4. The molecule has 0 spiro atoms. The highest BCUT2D eigenvalue weighted by molar-refractivity contribution is 7.70. The molecular formula is C92H93F3N13O9P. The lowest BCUT2D eigenvalue weighted by molar-refractivity contribution is -0.122. The maximum Gasteiger partial charge on any atom is 0.251 e. The molecule has 9 aromatic carbocycles. The Morgan fingerprint density at radius 1 is 0.508 bits per heavy atom. The molecule has 118 heavy (non-hydrogen) atoms. The van der Waals surface area contributed by atoms with Crippen LogP contribution in [0.4, 0.5) is 13.2 Å². The number of aromatic nitrogens is 9. The Kier molecular flexibility index (Phi) is 22.4. The van der Waals surface area contributed by atoms with Crippen LogP contribution in [0.15, 0.2) is 201 Å². The van der Waals surface area contributed by atoms with Crippen LogP contribution in [0, 0.1) is 17.5 Å². The number of nitrogens with zero attached hydrogens (tertiary/aromatic N) is 6. The number of hydrogen-bond donors (Lipinski definition) is 8. The fraction of sp³-hybridized carbons (Fsp3) is 0.272. The number of hydrogen-bond acceptors (Lipinski definition) is 12. The van der Waals surface area contributed by atoms with Crippen LogP contribution in [0.5, 0.6) is 0 Å². The Morgan fingerprint density at radius 2 is 0.856 bits per heavy atom. The summed E-state index contributed by atoms with van der Waals surface area (Å²) in [7, 11) is 2.68. The number of carbonyl (C=O) groups is 4. The van der Waals surface area contributed by atoms with Gasteiger partial charge in [0.2, 0.25) is 11.8 Å². The monoisotopic (exact) mass is 1610 g/mol. The molecule has 4 amide bonds. The Balaban J connectivity index is 0.000000139. The van der Waals surface area contributed by atoms with E-state index in [1.165, 1.54) is 36.4 Å². The molecule has 8 heterocycles. The second kappa shape index (κ2) is 32.7. The number of amides is 4. The van der Waals surface area contributed by atoms with Gasteiger partial charge in [-0.3, -0.25) is 34.5 Å². The molecule has 606 valence electrons. The first-order chi connectivity index (χ1) is 56.5. The van der Waals surface area contributed by atoms with Crippen molar-refractivity contribution in [2.24, 2.45) is 0 Å². The van der Waals surface area contributed by atoms with Crippen molar-refractivity contribution in [3.05, 3.63) is 246 Å². The van der Waals surface area contributed by atoms with Crippen molar-refractivity contribution in [3.63, 3.8) is 0 Å². The third-order valence-electron chi connectivity index (χ3n) is 22.2. The molecule has 2 saturated heterocycles. The van der Waals surface area contributed by atoms with Gasteiger partial charge in [-0.1, -0.05) is 90.1 Å². The average Bonchev–Trinajstić information content (AvgIpc) is 1.58. The van der Waals surface area contributed by atoms with E-state index in [-0.39, 0.29) is 65.2 Å². The molecule has 17 rings (SSSR count). The largest absolute Gasteiger partial charge is 0.394 e. The number of benzene rings is 9. The number of nitrogens with one attached hydrogen (secondary N) is 7. The van der Waals surface area contributed by atoms with Gasteiger partial charge in [-0.25, -0.2) is 13.2 Å². The molecule has 3 atom stereocenters. The number of carbonyl (C=O) groups excluding carboxylic acids is 4. The highest BCUT2D eigenvalue weighted by Gasteiger charge is 2.38. The zero-order chi connectivity index (χ0) is 83.3. The van der Waals surface area contributed by atoms with Gasteiger partial charge in [0.05, 0.1) is 84.2 Å². The number of halogens is 3. The SMILES string of the molecule is COCC(C)(C)c1c(-c2ccc(C(=O)NC3CCC(=O)NC3)cc2)c2cc3[nH]ncc3cc2n1-c1ccc(F)cc1.COCC(C)(C)c1c(-c2ccc(C(=O)N[C@H]3C[C@H](CO)NC3=O)cc2)c2cc3[nH]ncc3cc2n1-c1ccc(F)cc1.COCC(C)(C)c1c(-c2ccc(P(C)(C)=O)cc2)c2cc3[nH]ncc3cc2n1-c1ccc(F)cc1. The molecule has 0 bridgehead atoms. The second-order valence-corrected chi connectivity index (χ2v) is 36.0. The van der Waals surface area contributed by atoms with Crippen LogP contribution >= 0.6 is 7.14 Å². The first-order valence-electron chi connectivity index (χ1n) is 39.0. The van der Waals surface area contributed by atoms with Crippen LogP contribution in [0.2, 0.25) is 0 Å². The molecule has 0 aliphatic carbocycles. The van der Waals surface area contributed by atoms with Gasteiger partial charge in [0.25, 0.3) is 11.8 Å². The fourth-order valence-electron chi connectivity index (χ4n) is 16.8. The van der Waals surface area contributed by atoms with Gasteiger partial charge < -0.3 is 58.9 Å².